The Balaban J connectivity index is 4.40. The number of hydrogen-bond donors (Lipinski definition) is 5. The van der Waals surface area contributed by atoms with E-state index in [9.17, 15) is 9.13 Å². The highest BCUT2D eigenvalue weighted by Crippen LogP contribution is 2.68. The third kappa shape index (κ3) is 5.10. The summed E-state index contributed by atoms with van der Waals surface area (Å²) in [4.78, 5) is 34.0. The highest BCUT2D eigenvalue weighted by Gasteiger charge is 2.55. The number of unbranched alkanes of at least 4 members (excludes halogenated alkanes) is 3. The van der Waals surface area contributed by atoms with E-state index >= 15 is 0 Å². The Hall–Kier alpha value is 0.260. The fourth-order valence-electron chi connectivity index (χ4n) is 1.38. The minimum absolute atomic E-state index is 0.409. The summed E-state index contributed by atoms with van der Waals surface area (Å²) in [5, 5.41) is 2.71. The van der Waals surface area contributed by atoms with Gasteiger partial charge in [0.15, 0.2) is 4.90 Å². The summed E-state index contributed by atoms with van der Waals surface area (Å²) in [5.41, 5.74) is 0. The lowest BCUT2D eigenvalue weighted by Crippen LogP contribution is -2.38. The summed E-state index contributed by atoms with van der Waals surface area (Å²) >= 11 is 0. The van der Waals surface area contributed by atoms with Crippen LogP contribution >= 0.6 is 15.2 Å². The maximum atomic E-state index is 11.2. The topological polar surface area (TPSA) is 127 Å². The Kier molecular flexibility index (Phi) is 7.26. The van der Waals surface area contributed by atoms with Crippen LogP contribution in [0.1, 0.15) is 39.5 Å². The molecule has 0 heterocycles. The van der Waals surface area contributed by atoms with Gasteiger partial charge in [-0.3, -0.25) is 9.13 Å². The summed E-state index contributed by atoms with van der Waals surface area (Å²) in [6.07, 6.45) is 3.93. The van der Waals surface area contributed by atoms with Gasteiger partial charge in [-0.1, -0.05) is 26.2 Å². The second-order valence-corrected chi connectivity index (χ2v) is 9.05. The van der Waals surface area contributed by atoms with Gasteiger partial charge in [0.25, 0.3) is 0 Å². The van der Waals surface area contributed by atoms with E-state index in [1.54, 1.807) is 0 Å². The van der Waals surface area contributed by atoms with Crippen molar-refractivity contribution in [2.45, 2.75) is 44.4 Å². The average molecular weight is 303 g/mol. The lowest BCUT2D eigenvalue weighted by atomic mass is 10.2. The zero-order chi connectivity index (χ0) is 14.4. The normalized spacial score (nSPS) is 13.9. The second kappa shape index (κ2) is 7.15. The molecule has 0 aliphatic carbocycles. The zero-order valence-corrected chi connectivity index (χ0v) is 12.5. The maximum Gasteiger partial charge on any atom is 0.344 e. The molecule has 0 rings (SSSR count). The molecule has 0 aliphatic rings. The van der Waals surface area contributed by atoms with E-state index in [2.05, 4.69) is 12.2 Å². The predicted octanol–water partition coefficient (Wildman–Crippen LogP) is 1.23. The van der Waals surface area contributed by atoms with Crippen molar-refractivity contribution >= 4 is 15.2 Å². The van der Waals surface area contributed by atoms with Gasteiger partial charge in [0.05, 0.1) is 0 Å². The fraction of sp³-hybridized carbons (Fsp3) is 1.00. The minimum Gasteiger partial charge on any atom is -0.324 e. The van der Waals surface area contributed by atoms with Crippen LogP contribution in [0.5, 0.6) is 0 Å². The first-order valence-corrected chi connectivity index (χ1v) is 9.10. The van der Waals surface area contributed by atoms with Gasteiger partial charge in [0.1, 0.15) is 0 Å². The summed E-state index contributed by atoms with van der Waals surface area (Å²) in [7, 11) is -9.79. The Bertz CT molecular complexity index is 314. The van der Waals surface area contributed by atoms with Crippen molar-refractivity contribution in [2.75, 3.05) is 13.1 Å². The van der Waals surface area contributed by atoms with E-state index in [0.29, 0.717) is 6.54 Å². The van der Waals surface area contributed by atoms with Crippen LogP contribution in [0, 0.1) is 0 Å². The van der Waals surface area contributed by atoms with Crippen molar-refractivity contribution in [1.29, 1.82) is 0 Å². The molecule has 0 aliphatic heterocycles. The quantitative estimate of drug-likeness (QED) is 0.320. The highest BCUT2D eigenvalue weighted by molar-refractivity contribution is 7.72. The van der Waals surface area contributed by atoms with Crippen molar-refractivity contribution in [2.24, 2.45) is 0 Å². The summed E-state index contributed by atoms with van der Waals surface area (Å²) < 4.78 is 22.5. The molecule has 0 fully saturated rings. The zero-order valence-electron chi connectivity index (χ0n) is 10.7. The van der Waals surface area contributed by atoms with Crippen molar-refractivity contribution in [1.82, 2.24) is 5.32 Å². The number of hydrogen-bond acceptors (Lipinski definition) is 3. The Morgan fingerprint density at radius 1 is 1.00 bits per heavy atom. The molecular formula is C9H23NO6P2. The van der Waals surface area contributed by atoms with E-state index in [1.807, 2.05) is 0 Å². The molecule has 0 saturated heterocycles. The maximum absolute atomic E-state index is 11.2. The molecule has 5 N–H and O–H groups in total. The monoisotopic (exact) mass is 303 g/mol. The molecule has 0 spiro atoms. The Morgan fingerprint density at radius 2 is 1.50 bits per heavy atom. The van der Waals surface area contributed by atoms with Crippen LogP contribution in [0.4, 0.5) is 0 Å². The van der Waals surface area contributed by atoms with Gasteiger partial charge in [-0.05, 0) is 19.9 Å². The van der Waals surface area contributed by atoms with E-state index in [1.165, 1.54) is 0 Å². The van der Waals surface area contributed by atoms with E-state index in [-0.39, 0.29) is 0 Å². The van der Waals surface area contributed by atoms with Gasteiger partial charge in [-0.15, -0.1) is 0 Å². The summed E-state index contributed by atoms with van der Waals surface area (Å²) in [5.74, 6) is 0. The predicted molar refractivity (Wildman–Crippen MR) is 69.5 cm³/mol. The molecule has 18 heavy (non-hydrogen) atoms. The van der Waals surface area contributed by atoms with E-state index in [0.717, 1.165) is 32.6 Å². The van der Waals surface area contributed by atoms with Crippen LogP contribution in [0.25, 0.3) is 0 Å². The molecule has 0 atom stereocenters. The van der Waals surface area contributed by atoms with Gasteiger partial charge in [-0.2, -0.15) is 0 Å². The van der Waals surface area contributed by atoms with Gasteiger partial charge < -0.3 is 24.9 Å². The molecule has 0 unspecified atom stereocenters. The molecule has 9 heteroatoms. The molecular weight excluding hydrogens is 280 g/mol. The van der Waals surface area contributed by atoms with Crippen molar-refractivity contribution in [3.8, 4) is 0 Å². The van der Waals surface area contributed by atoms with Crippen LogP contribution < -0.4 is 5.32 Å². The van der Waals surface area contributed by atoms with E-state index in [4.69, 9.17) is 19.6 Å². The SMILES string of the molecule is CCCCCCNCC(C)(P(=O)(O)O)P(=O)(O)O. The Labute approximate surface area is 107 Å². The van der Waals surface area contributed by atoms with Crippen LogP contribution in [0.3, 0.4) is 0 Å². The second-order valence-electron chi connectivity index (χ2n) is 4.54. The molecule has 0 radical (unpaired) electrons. The standard InChI is InChI=1S/C9H23NO6P2/c1-3-4-5-6-7-10-8-9(2,17(11,12)13)18(14,15)16/h10H,3-8H2,1-2H3,(H2,11,12,13)(H2,14,15,16). The van der Waals surface area contributed by atoms with Gasteiger partial charge in [0, 0.05) is 6.54 Å². The van der Waals surface area contributed by atoms with Gasteiger partial charge >= 0.3 is 15.2 Å². The molecule has 0 aromatic rings. The Morgan fingerprint density at radius 3 is 1.89 bits per heavy atom. The first-order chi connectivity index (χ1) is 8.06. The lowest BCUT2D eigenvalue weighted by molar-refractivity contribution is 0.309. The molecule has 0 aromatic carbocycles. The van der Waals surface area contributed by atoms with Crippen LogP contribution in [-0.2, 0) is 9.13 Å². The third-order valence-electron chi connectivity index (χ3n) is 2.92. The number of rotatable bonds is 9. The molecule has 0 amide bonds. The molecule has 110 valence electrons. The van der Waals surface area contributed by atoms with E-state index < -0.39 is 26.6 Å². The number of nitrogens with one attached hydrogen (secondary N) is 1. The fourth-order valence-corrected chi connectivity index (χ4v) is 3.37. The minimum atomic E-state index is -4.90. The van der Waals surface area contributed by atoms with Gasteiger partial charge in [-0.25, -0.2) is 0 Å². The van der Waals surface area contributed by atoms with Crippen LogP contribution in [0.15, 0.2) is 0 Å². The molecule has 0 bridgehead atoms. The lowest BCUT2D eigenvalue weighted by Gasteiger charge is -2.31. The smallest absolute Gasteiger partial charge is 0.324 e. The summed E-state index contributed by atoms with van der Waals surface area (Å²) in [6, 6.07) is 0. The first-order valence-electron chi connectivity index (χ1n) is 5.88. The van der Waals surface area contributed by atoms with Crippen molar-refractivity contribution in [3.63, 3.8) is 0 Å². The highest BCUT2D eigenvalue weighted by atomic mass is 31.2. The van der Waals surface area contributed by atoms with Crippen LogP contribution in [0.2, 0.25) is 0 Å². The molecule has 0 aromatic heterocycles. The molecule has 0 saturated carbocycles. The van der Waals surface area contributed by atoms with Crippen molar-refractivity contribution < 1.29 is 28.7 Å². The van der Waals surface area contributed by atoms with Crippen molar-refractivity contribution in [3.05, 3.63) is 0 Å². The van der Waals surface area contributed by atoms with Gasteiger partial charge in [0.2, 0.25) is 0 Å². The average Bonchev–Trinajstić information content (AvgIpc) is 2.19. The van der Waals surface area contributed by atoms with Crippen LogP contribution in [-0.4, -0.2) is 37.6 Å². The summed E-state index contributed by atoms with van der Waals surface area (Å²) in [6.45, 7) is 3.04. The molecule has 7 nitrogen and oxygen atoms in total. The third-order valence-corrected chi connectivity index (χ3v) is 7.31. The largest absolute Gasteiger partial charge is 0.344 e. The first kappa shape index (κ1) is 18.3.